The lowest BCUT2D eigenvalue weighted by Gasteiger charge is -2.25. The van der Waals surface area contributed by atoms with Gasteiger partial charge in [0.1, 0.15) is 5.75 Å². The fourth-order valence-electron chi connectivity index (χ4n) is 3.00. The van der Waals surface area contributed by atoms with Gasteiger partial charge in [0.25, 0.3) is 0 Å². The fourth-order valence-corrected chi connectivity index (χ4v) is 3.00. The van der Waals surface area contributed by atoms with Crippen molar-refractivity contribution in [3.05, 3.63) is 46.8 Å². The monoisotopic (exact) mass is 285 g/mol. The molecule has 21 heavy (non-hydrogen) atoms. The van der Waals surface area contributed by atoms with Gasteiger partial charge in [0.15, 0.2) is 0 Å². The Bertz CT molecular complexity index is 633. The van der Waals surface area contributed by atoms with Crippen LogP contribution < -0.4 is 10.1 Å². The number of para-hydroxylation sites is 1. The van der Waals surface area contributed by atoms with Gasteiger partial charge in [0, 0.05) is 37.3 Å². The third-order valence-electron chi connectivity index (χ3n) is 4.35. The van der Waals surface area contributed by atoms with E-state index in [1.54, 1.807) is 0 Å². The summed E-state index contributed by atoms with van der Waals surface area (Å²) in [5.41, 5.74) is 5.00. The number of hydrogen-bond acceptors (Lipinski definition) is 3. The Morgan fingerprint density at radius 3 is 2.90 bits per heavy atom. The first-order chi connectivity index (χ1) is 10.1. The lowest BCUT2D eigenvalue weighted by atomic mass is 9.96. The molecule has 0 saturated carbocycles. The molecule has 4 heteroatoms. The molecule has 1 aromatic heterocycles. The van der Waals surface area contributed by atoms with Crippen molar-refractivity contribution >= 4 is 0 Å². The number of hydrogen-bond donors (Lipinski definition) is 1. The third kappa shape index (κ3) is 2.95. The summed E-state index contributed by atoms with van der Waals surface area (Å²) in [5.74, 6) is 1.59. The Labute approximate surface area is 126 Å². The first kappa shape index (κ1) is 14.1. The van der Waals surface area contributed by atoms with Gasteiger partial charge >= 0.3 is 0 Å². The number of rotatable bonds is 4. The highest BCUT2D eigenvalue weighted by Crippen LogP contribution is 2.26. The van der Waals surface area contributed by atoms with Crippen LogP contribution in [-0.2, 0) is 20.0 Å². The summed E-state index contributed by atoms with van der Waals surface area (Å²) in [6, 6.07) is 8.34. The molecule has 1 aliphatic heterocycles. The van der Waals surface area contributed by atoms with E-state index in [0.29, 0.717) is 5.92 Å². The van der Waals surface area contributed by atoms with Crippen molar-refractivity contribution in [2.24, 2.45) is 13.0 Å². The van der Waals surface area contributed by atoms with Crippen molar-refractivity contribution in [2.45, 2.75) is 26.8 Å². The van der Waals surface area contributed by atoms with Gasteiger partial charge in [-0.05, 0) is 31.9 Å². The van der Waals surface area contributed by atoms with Crippen molar-refractivity contribution in [2.75, 3.05) is 13.2 Å². The van der Waals surface area contributed by atoms with E-state index in [1.165, 1.54) is 16.8 Å². The van der Waals surface area contributed by atoms with Crippen LogP contribution in [0.1, 0.15) is 22.5 Å². The molecule has 0 radical (unpaired) electrons. The molecule has 0 spiro atoms. The molecule has 0 aliphatic carbocycles. The minimum atomic E-state index is 0.539. The van der Waals surface area contributed by atoms with Crippen LogP contribution in [0, 0.1) is 19.8 Å². The van der Waals surface area contributed by atoms with E-state index in [4.69, 9.17) is 4.74 Å². The Morgan fingerprint density at radius 2 is 2.14 bits per heavy atom. The minimum Gasteiger partial charge on any atom is -0.493 e. The number of benzene rings is 1. The van der Waals surface area contributed by atoms with E-state index in [1.807, 2.05) is 17.8 Å². The van der Waals surface area contributed by atoms with Gasteiger partial charge in [-0.2, -0.15) is 5.10 Å². The highest BCUT2D eigenvalue weighted by molar-refractivity contribution is 5.35. The summed E-state index contributed by atoms with van der Waals surface area (Å²) < 4.78 is 7.78. The smallest absolute Gasteiger partial charge is 0.122 e. The first-order valence-electron chi connectivity index (χ1n) is 7.55. The minimum absolute atomic E-state index is 0.539. The molecule has 1 aliphatic rings. The molecule has 0 fully saturated rings. The standard InChI is InChI=1S/C17H23N3O/c1-12-16(13(2)20(3)19-12)10-18-9-14-8-15-6-4-5-7-17(15)21-11-14/h4-7,14,18H,8-11H2,1-3H3. The van der Waals surface area contributed by atoms with Crippen LogP contribution in [0.5, 0.6) is 5.75 Å². The second-order valence-corrected chi connectivity index (χ2v) is 5.89. The second-order valence-electron chi connectivity index (χ2n) is 5.89. The quantitative estimate of drug-likeness (QED) is 0.937. The normalized spacial score (nSPS) is 17.4. The molecule has 1 N–H and O–H groups in total. The average molecular weight is 285 g/mol. The van der Waals surface area contributed by atoms with Crippen molar-refractivity contribution in [3.8, 4) is 5.75 Å². The molecule has 2 heterocycles. The van der Waals surface area contributed by atoms with Gasteiger partial charge in [-0.3, -0.25) is 4.68 Å². The van der Waals surface area contributed by atoms with E-state index in [-0.39, 0.29) is 0 Å². The van der Waals surface area contributed by atoms with E-state index < -0.39 is 0 Å². The van der Waals surface area contributed by atoms with Crippen molar-refractivity contribution in [3.63, 3.8) is 0 Å². The summed E-state index contributed by atoms with van der Waals surface area (Å²) in [7, 11) is 2.00. The number of fused-ring (bicyclic) bond motifs is 1. The van der Waals surface area contributed by atoms with E-state index >= 15 is 0 Å². The van der Waals surface area contributed by atoms with Crippen LogP contribution >= 0.6 is 0 Å². The zero-order chi connectivity index (χ0) is 14.8. The maximum Gasteiger partial charge on any atom is 0.122 e. The topological polar surface area (TPSA) is 39.1 Å². The predicted octanol–water partition coefficient (Wildman–Crippen LogP) is 2.38. The van der Waals surface area contributed by atoms with Gasteiger partial charge in [0.05, 0.1) is 12.3 Å². The molecule has 1 atom stereocenters. The zero-order valence-corrected chi connectivity index (χ0v) is 13.0. The second kappa shape index (κ2) is 5.90. The first-order valence-corrected chi connectivity index (χ1v) is 7.55. The maximum atomic E-state index is 5.83. The summed E-state index contributed by atoms with van der Waals surface area (Å²) in [5, 5.41) is 8.02. The van der Waals surface area contributed by atoms with Gasteiger partial charge in [-0.25, -0.2) is 0 Å². The van der Waals surface area contributed by atoms with Crippen LogP contribution in [0.25, 0.3) is 0 Å². The fraction of sp³-hybridized carbons (Fsp3) is 0.471. The molecule has 4 nitrogen and oxygen atoms in total. The molecule has 112 valence electrons. The molecule has 2 aromatic rings. The van der Waals surface area contributed by atoms with E-state index in [2.05, 4.69) is 42.5 Å². The third-order valence-corrected chi connectivity index (χ3v) is 4.35. The predicted molar refractivity (Wildman–Crippen MR) is 83.5 cm³/mol. The number of aryl methyl sites for hydroxylation is 2. The number of ether oxygens (including phenoxy) is 1. The van der Waals surface area contributed by atoms with Crippen molar-refractivity contribution < 1.29 is 4.74 Å². The molecule has 0 amide bonds. The number of nitrogens with zero attached hydrogens (tertiary/aromatic N) is 2. The Kier molecular flexibility index (Phi) is 3.97. The molecule has 1 aromatic carbocycles. The maximum absolute atomic E-state index is 5.83. The molecular weight excluding hydrogens is 262 g/mol. The number of aromatic nitrogens is 2. The van der Waals surface area contributed by atoms with Crippen molar-refractivity contribution in [1.82, 2.24) is 15.1 Å². The van der Waals surface area contributed by atoms with E-state index in [9.17, 15) is 0 Å². The van der Waals surface area contributed by atoms with Crippen LogP contribution in [0.2, 0.25) is 0 Å². The van der Waals surface area contributed by atoms with Crippen LogP contribution in [-0.4, -0.2) is 22.9 Å². The highest BCUT2D eigenvalue weighted by atomic mass is 16.5. The molecular formula is C17H23N3O. The summed E-state index contributed by atoms with van der Waals surface area (Å²) in [6.45, 7) is 6.85. The van der Waals surface area contributed by atoms with E-state index in [0.717, 1.165) is 37.6 Å². The largest absolute Gasteiger partial charge is 0.493 e. The Hall–Kier alpha value is -1.81. The van der Waals surface area contributed by atoms with Gasteiger partial charge in [-0.1, -0.05) is 18.2 Å². The van der Waals surface area contributed by atoms with Crippen LogP contribution in [0.15, 0.2) is 24.3 Å². The summed E-state index contributed by atoms with van der Waals surface area (Å²) in [4.78, 5) is 0. The Balaban J connectivity index is 1.55. The summed E-state index contributed by atoms with van der Waals surface area (Å²) >= 11 is 0. The SMILES string of the molecule is Cc1nn(C)c(C)c1CNCC1COc2ccccc2C1. The average Bonchev–Trinajstić information content (AvgIpc) is 2.73. The summed E-state index contributed by atoms with van der Waals surface area (Å²) in [6.07, 6.45) is 1.09. The molecule has 0 saturated heterocycles. The molecule has 3 rings (SSSR count). The van der Waals surface area contributed by atoms with Gasteiger partial charge < -0.3 is 10.1 Å². The van der Waals surface area contributed by atoms with Crippen LogP contribution in [0.4, 0.5) is 0 Å². The molecule has 1 unspecified atom stereocenters. The van der Waals surface area contributed by atoms with Crippen LogP contribution in [0.3, 0.4) is 0 Å². The number of nitrogens with one attached hydrogen (secondary N) is 1. The van der Waals surface area contributed by atoms with Crippen molar-refractivity contribution in [1.29, 1.82) is 0 Å². The zero-order valence-electron chi connectivity index (χ0n) is 13.0. The highest BCUT2D eigenvalue weighted by Gasteiger charge is 2.19. The van der Waals surface area contributed by atoms with Gasteiger partial charge in [0.2, 0.25) is 0 Å². The van der Waals surface area contributed by atoms with Gasteiger partial charge in [-0.15, -0.1) is 0 Å². The Morgan fingerprint density at radius 1 is 1.33 bits per heavy atom. The lowest BCUT2D eigenvalue weighted by Crippen LogP contribution is -2.31. The molecule has 0 bridgehead atoms. The lowest BCUT2D eigenvalue weighted by molar-refractivity contribution is 0.218.